The maximum atomic E-state index is 6.35. The van der Waals surface area contributed by atoms with Crippen LogP contribution in [0.25, 0.3) is 0 Å². The van der Waals surface area contributed by atoms with E-state index in [0.717, 1.165) is 20.7 Å². The summed E-state index contributed by atoms with van der Waals surface area (Å²) in [7, 11) is 1.95. The molecule has 0 bridgehead atoms. The van der Waals surface area contributed by atoms with E-state index in [1.165, 1.54) is 11.1 Å². The molecule has 0 aliphatic rings. The summed E-state index contributed by atoms with van der Waals surface area (Å²) in [6.45, 7) is 2.12. The van der Waals surface area contributed by atoms with Crippen LogP contribution in [0.1, 0.15) is 24.1 Å². The third-order valence-electron chi connectivity index (χ3n) is 3.20. The summed E-state index contributed by atoms with van der Waals surface area (Å²) in [5, 5.41) is 4.79. The molecule has 0 saturated heterocycles. The molecule has 20 heavy (non-hydrogen) atoms. The monoisotopic (exact) mass is 325 g/mol. The lowest BCUT2D eigenvalue weighted by Crippen LogP contribution is -2.12. The Balaban J connectivity index is 2.04. The minimum atomic E-state index is 0.308. The summed E-state index contributed by atoms with van der Waals surface area (Å²) in [4.78, 5) is 1.11. The first kappa shape index (κ1) is 15.7. The highest BCUT2D eigenvalue weighted by molar-refractivity contribution is 7.98. The second-order valence-corrected chi connectivity index (χ2v) is 6.48. The van der Waals surface area contributed by atoms with Crippen molar-refractivity contribution < 1.29 is 0 Å². The molecule has 1 unspecified atom stereocenters. The minimum Gasteiger partial charge on any atom is -0.313 e. The quantitative estimate of drug-likeness (QED) is 0.721. The number of benzene rings is 2. The van der Waals surface area contributed by atoms with Crippen molar-refractivity contribution in [1.29, 1.82) is 0 Å². The molecule has 0 aliphatic heterocycles. The molecular weight excluding hydrogens is 309 g/mol. The lowest BCUT2D eigenvalue weighted by Gasteiger charge is -2.12. The Bertz CT molecular complexity index is 569. The van der Waals surface area contributed by atoms with Gasteiger partial charge in [0.05, 0.1) is 5.02 Å². The number of thioether (sulfide) groups is 1. The predicted molar refractivity (Wildman–Crippen MR) is 89.9 cm³/mol. The van der Waals surface area contributed by atoms with Crippen molar-refractivity contribution >= 4 is 35.0 Å². The van der Waals surface area contributed by atoms with Crippen LogP contribution >= 0.6 is 35.0 Å². The predicted octanol–water partition coefficient (Wildman–Crippen LogP) is 5.57. The second kappa shape index (κ2) is 7.37. The van der Waals surface area contributed by atoms with E-state index < -0.39 is 0 Å². The summed E-state index contributed by atoms with van der Waals surface area (Å²) >= 11 is 14.0. The highest BCUT2D eigenvalue weighted by Crippen LogP contribution is 2.32. The lowest BCUT2D eigenvalue weighted by molar-refractivity contribution is 0.652. The van der Waals surface area contributed by atoms with Crippen LogP contribution in [-0.4, -0.2) is 7.05 Å². The van der Waals surface area contributed by atoms with E-state index in [0.29, 0.717) is 6.04 Å². The summed E-state index contributed by atoms with van der Waals surface area (Å²) in [6, 6.07) is 14.5. The molecule has 2 aromatic carbocycles. The highest BCUT2D eigenvalue weighted by atomic mass is 35.5. The molecule has 2 rings (SSSR count). The number of hydrogen-bond acceptors (Lipinski definition) is 2. The minimum absolute atomic E-state index is 0.308. The fourth-order valence-electron chi connectivity index (χ4n) is 1.81. The van der Waals surface area contributed by atoms with Gasteiger partial charge in [0.2, 0.25) is 0 Å². The molecule has 4 heteroatoms. The van der Waals surface area contributed by atoms with Gasteiger partial charge in [-0.15, -0.1) is 11.8 Å². The van der Waals surface area contributed by atoms with E-state index in [9.17, 15) is 0 Å². The van der Waals surface area contributed by atoms with Crippen LogP contribution in [0.3, 0.4) is 0 Å². The van der Waals surface area contributed by atoms with Gasteiger partial charge >= 0.3 is 0 Å². The lowest BCUT2D eigenvalue weighted by atomic mass is 10.1. The molecule has 0 heterocycles. The SMILES string of the molecule is CNC(C)c1ccc(SCc2ccc(Cl)cc2)c(Cl)c1. The average molecular weight is 326 g/mol. The van der Waals surface area contributed by atoms with Crippen molar-refractivity contribution in [3.8, 4) is 0 Å². The van der Waals surface area contributed by atoms with Gasteiger partial charge in [0.25, 0.3) is 0 Å². The Hall–Kier alpha value is -0.670. The summed E-state index contributed by atoms with van der Waals surface area (Å²) in [5.74, 6) is 0.887. The first-order valence-electron chi connectivity index (χ1n) is 6.44. The molecule has 1 nitrogen and oxygen atoms in total. The zero-order valence-corrected chi connectivity index (χ0v) is 13.8. The van der Waals surface area contributed by atoms with E-state index in [1.807, 2.05) is 37.4 Å². The van der Waals surface area contributed by atoms with Crippen molar-refractivity contribution in [2.24, 2.45) is 0 Å². The smallest absolute Gasteiger partial charge is 0.0545 e. The van der Waals surface area contributed by atoms with E-state index in [4.69, 9.17) is 23.2 Å². The molecule has 0 saturated carbocycles. The molecule has 106 valence electrons. The summed E-state index contributed by atoms with van der Waals surface area (Å²) < 4.78 is 0. The third kappa shape index (κ3) is 4.16. The largest absolute Gasteiger partial charge is 0.313 e. The van der Waals surface area contributed by atoms with E-state index in [-0.39, 0.29) is 0 Å². The molecule has 1 N–H and O–H groups in total. The Kier molecular flexibility index (Phi) is 5.79. The first-order valence-corrected chi connectivity index (χ1v) is 8.18. The van der Waals surface area contributed by atoms with Gasteiger partial charge < -0.3 is 5.32 Å². The molecular formula is C16H17Cl2NS. The molecule has 2 aromatic rings. The van der Waals surface area contributed by atoms with Crippen LogP contribution in [0.4, 0.5) is 0 Å². The van der Waals surface area contributed by atoms with E-state index >= 15 is 0 Å². The molecule has 0 aliphatic carbocycles. The summed E-state index contributed by atoms with van der Waals surface area (Å²) in [6.07, 6.45) is 0. The Labute approximate surface area is 134 Å². The number of rotatable bonds is 5. The van der Waals surface area contributed by atoms with Crippen LogP contribution in [0.5, 0.6) is 0 Å². The topological polar surface area (TPSA) is 12.0 Å². The Morgan fingerprint density at radius 1 is 1.10 bits per heavy atom. The first-order chi connectivity index (χ1) is 9.60. The number of hydrogen-bond donors (Lipinski definition) is 1. The fourth-order valence-corrected chi connectivity index (χ4v) is 3.17. The van der Waals surface area contributed by atoms with Crippen molar-refractivity contribution in [1.82, 2.24) is 5.32 Å². The van der Waals surface area contributed by atoms with Gasteiger partial charge in [0.15, 0.2) is 0 Å². The van der Waals surface area contributed by atoms with Gasteiger partial charge in [-0.2, -0.15) is 0 Å². The van der Waals surface area contributed by atoms with Crippen LogP contribution in [0.15, 0.2) is 47.4 Å². The summed E-state index contributed by atoms with van der Waals surface area (Å²) in [5.41, 5.74) is 2.44. The van der Waals surface area contributed by atoms with Gasteiger partial charge in [-0.1, -0.05) is 41.4 Å². The normalized spacial score (nSPS) is 12.4. The van der Waals surface area contributed by atoms with Gasteiger partial charge in [0, 0.05) is 21.7 Å². The van der Waals surface area contributed by atoms with Gasteiger partial charge in [-0.3, -0.25) is 0 Å². The molecule has 0 aromatic heterocycles. The van der Waals surface area contributed by atoms with Crippen LogP contribution in [0, 0.1) is 0 Å². The molecule has 0 radical (unpaired) electrons. The molecule has 0 fully saturated rings. The standard InChI is InChI=1S/C16H17Cl2NS/c1-11(19-2)13-5-8-16(15(18)9-13)20-10-12-3-6-14(17)7-4-12/h3-9,11,19H,10H2,1-2H3. The van der Waals surface area contributed by atoms with Crippen molar-refractivity contribution in [2.45, 2.75) is 23.6 Å². The molecule has 0 spiro atoms. The van der Waals surface area contributed by atoms with Crippen LogP contribution in [-0.2, 0) is 5.75 Å². The Morgan fingerprint density at radius 3 is 2.40 bits per heavy atom. The van der Waals surface area contributed by atoms with Gasteiger partial charge in [0.1, 0.15) is 0 Å². The maximum Gasteiger partial charge on any atom is 0.0545 e. The third-order valence-corrected chi connectivity index (χ3v) is 5.02. The van der Waals surface area contributed by atoms with Crippen molar-refractivity contribution in [3.05, 3.63) is 63.6 Å². The molecule has 0 amide bonds. The van der Waals surface area contributed by atoms with Crippen LogP contribution < -0.4 is 5.32 Å². The number of halogens is 2. The van der Waals surface area contributed by atoms with Crippen LogP contribution in [0.2, 0.25) is 10.0 Å². The molecule has 1 atom stereocenters. The van der Waals surface area contributed by atoms with Gasteiger partial charge in [-0.05, 0) is 49.4 Å². The van der Waals surface area contributed by atoms with Gasteiger partial charge in [-0.25, -0.2) is 0 Å². The fraction of sp³-hybridized carbons (Fsp3) is 0.250. The highest BCUT2D eigenvalue weighted by Gasteiger charge is 2.07. The van der Waals surface area contributed by atoms with Crippen molar-refractivity contribution in [2.75, 3.05) is 7.05 Å². The number of nitrogens with one attached hydrogen (secondary N) is 1. The van der Waals surface area contributed by atoms with Crippen molar-refractivity contribution in [3.63, 3.8) is 0 Å². The van der Waals surface area contributed by atoms with E-state index in [1.54, 1.807) is 11.8 Å². The van der Waals surface area contributed by atoms with E-state index in [2.05, 4.69) is 24.4 Å². The average Bonchev–Trinajstić information content (AvgIpc) is 2.46. The second-order valence-electron chi connectivity index (χ2n) is 4.62. The zero-order chi connectivity index (χ0) is 14.5. The maximum absolute atomic E-state index is 6.35. The Morgan fingerprint density at radius 2 is 1.80 bits per heavy atom. The zero-order valence-electron chi connectivity index (χ0n) is 11.5.